The summed E-state index contributed by atoms with van der Waals surface area (Å²) in [7, 11) is 1.38. The van der Waals surface area contributed by atoms with Crippen LogP contribution in [0.4, 0.5) is 13.2 Å². The van der Waals surface area contributed by atoms with Crippen LogP contribution in [0, 0.1) is 17.2 Å². The van der Waals surface area contributed by atoms with Crippen molar-refractivity contribution in [3.05, 3.63) is 0 Å². The number of amides is 1. The third-order valence-corrected chi connectivity index (χ3v) is 3.41. The fourth-order valence-corrected chi connectivity index (χ4v) is 2.10. The molecule has 1 atom stereocenters. The number of halogens is 3. The molecule has 0 heterocycles. The van der Waals surface area contributed by atoms with E-state index >= 15 is 0 Å². The van der Waals surface area contributed by atoms with Crippen LogP contribution in [-0.2, 0) is 9.53 Å². The number of nitrogens with one attached hydrogen (secondary N) is 1. The van der Waals surface area contributed by atoms with Crippen molar-refractivity contribution in [2.45, 2.75) is 31.5 Å². The molecule has 1 fully saturated rings. The molecule has 5 nitrogen and oxygen atoms in total. The maximum atomic E-state index is 12.5. The molecule has 0 aromatic rings. The molecule has 21 heavy (non-hydrogen) atoms. The highest BCUT2D eigenvalue weighted by Gasteiger charge is 2.43. The summed E-state index contributed by atoms with van der Waals surface area (Å²) in [4.78, 5) is 12.9. The van der Waals surface area contributed by atoms with Crippen molar-refractivity contribution in [3.8, 4) is 6.07 Å². The van der Waals surface area contributed by atoms with Gasteiger partial charge in [0, 0.05) is 13.7 Å². The largest absolute Gasteiger partial charge is 0.401 e. The van der Waals surface area contributed by atoms with Crippen molar-refractivity contribution in [1.29, 1.82) is 5.26 Å². The van der Waals surface area contributed by atoms with Crippen molar-refractivity contribution in [2.75, 3.05) is 33.4 Å². The second kappa shape index (κ2) is 7.09. The zero-order chi connectivity index (χ0) is 16.1. The van der Waals surface area contributed by atoms with Crippen LogP contribution in [0.2, 0.25) is 0 Å². The molecule has 8 heteroatoms. The standard InChI is InChI=1S/C13H20F3N3O2/c1-12(8-17,10-3-4-10)18-11(20)7-19(5-6-21-2)9-13(14,15)16/h10H,3-7,9H2,1-2H3,(H,18,20). The lowest BCUT2D eigenvalue weighted by atomic mass is 9.98. The highest BCUT2D eigenvalue weighted by atomic mass is 19.4. The van der Waals surface area contributed by atoms with Gasteiger partial charge in [-0.3, -0.25) is 9.69 Å². The minimum absolute atomic E-state index is 0.00384. The fraction of sp³-hybridized carbons (Fsp3) is 0.846. The van der Waals surface area contributed by atoms with Crippen LogP contribution in [-0.4, -0.2) is 55.9 Å². The predicted octanol–water partition coefficient (Wildman–Crippen LogP) is 1.31. The summed E-state index contributed by atoms with van der Waals surface area (Å²) in [5.74, 6) is -0.493. The number of hydrogen-bond donors (Lipinski definition) is 1. The lowest BCUT2D eigenvalue weighted by Gasteiger charge is -2.27. The summed E-state index contributed by atoms with van der Waals surface area (Å²) in [6.45, 7) is 0.104. The Morgan fingerprint density at radius 2 is 2.10 bits per heavy atom. The molecule has 0 aromatic carbocycles. The maximum absolute atomic E-state index is 12.5. The molecule has 0 saturated heterocycles. The zero-order valence-corrected chi connectivity index (χ0v) is 12.2. The number of nitriles is 1. The number of alkyl halides is 3. The third-order valence-electron chi connectivity index (χ3n) is 3.41. The van der Waals surface area contributed by atoms with E-state index in [2.05, 4.69) is 5.32 Å². The first-order valence-electron chi connectivity index (χ1n) is 6.70. The second-order valence-electron chi connectivity index (χ2n) is 5.46. The number of nitrogens with zero attached hydrogens (tertiary/aromatic N) is 2. The number of ether oxygens (including phenoxy) is 1. The summed E-state index contributed by atoms with van der Waals surface area (Å²) >= 11 is 0. The van der Waals surface area contributed by atoms with Crippen molar-refractivity contribution in [1.82, 2.24) is 10.2 Å². The van der Waals surface area contributed by atoms with E-state index in [4.69, 9.17) is 10.00 Å². The lowest BCUT2D eigenvalue weighted by molar-refractivity contribution is -0.150. The van der Waals surface area contributed by atoms with Gasteiger partial charge in [-0.1, -0.05) is 0 Å². The summed E-state index contributed by atoms with van der Waals surface area (Å²) in [5, 5.41) is 11.7. The van der Waals surface area contributed by atoms with E-state index in [1.807, 2.05) is 6.07 Å². The van der Waals surface area contributed by atoms with Gasteiger partial charge in [0.25, 0.3) is 0 Å². The van der Waals surface area contributed by atoms with Crippen molar-refractivity contribution in [2.24, 2.45) is 5.92 Å². The molecule has 1 unspecified atom stereocenters. The summed E-state index contributed by atoms with van der Waals surface area (Å²) in [5.41, 5.74) is -0.998. The van der Waals surface area contributed by atoms with E-state index < -0.39 is 30.7 Å². The fourth-order valence-electron chi connectivity index (χ4n) is 2.10. The number of carbonyl (C=O) groups excluding carboxylic acids is 1. The summed E-state index contributed by atoms with van der Waals surface area (Å²) in [6.07, 6.45) is -2.69. The first-order valence-corrected chi connectivity index (χ1v) is 6.70. The Hall–Kier alpha value is -1.33. The van der Waals surface area contributed by atoms with E-state index in [0.29, 0.717) is 0 Å². The van der Waals surface area contributed by atoms with Crippen LogP contribution >= 0.6 is 0 Å². The average molecular weight is 307 g/mol. The van der Waals surface area contributed by atoms with Gasteiger partial charge < -0.3 is 10.1 Å². The minimum atomic E-state index is -4.39. The van der Waals surface area contributed by atoms with E-state index in [0.717, 1.165) is 17.7 Å². The summed E-state index contributed by atoms with van der Waals surface area (Å²) in [6, 6.07) is 2.04. The molecule has 1 amide bonds. The van der Waals surface area contributed by atoms with Gasteiger partial charge >= 0.3 is 6.18 Å². The molecule has 0 aliphatic heterocycles. The second-order valence-corrected chi connectivity index (χ2v) is 5.46. The molecule has 0 spiro atoms. The van der Waals surface area contributed by atoms with E-state index in [1.54, 1.807) is 6.92 Å². The van der Waals surface area contributed by atoms with Gasteiger partial charge in [0.2, 0.25) is 5.91 Å². The Labute approximate surface area is 122 Å². The van der Waals surface area contributed by atoms with Crippen LogP contribution in [0.3, 0.4) is 0 Å². The molecule has 1 N–H and O–H groups in total. The monoisotopic (exact) mass is 307 g/mol. The normalized spacial score (nSPS) is 18.1. The van der Waals surface area contributed by atoms with Gasteiger partial charge in [0.15, 0.2) is 0 Å². The van der Waals surface area contributed by atoms with Crippen molar-refractivity contribution >= 4 is 5.91 Å². The van der Waals surface area contributed by atoms with Crippen LogP contribution in [0.5, 0.6) is 0 Å². The Balaban J connectivity index is 2.56. The van der Waals surface area contributed by atoms with E-state index in [-0.39, 0.29) is 19.1 Å². The van der Waals surface area contributed by atoms with Gasteiger partial charge in [-0.05, 0) is 25.7 Å². The van der Waals surface area contributed by atoms with E-state index in [1.165, 1.54) is 7.11 Å². The molecular weight excluding hydrogens is 287 g/mol. The van der Waals surface area contributed by atoms with Crippen LogP contribution < -0.4 is 5.32 Å². The molecule has 0 radical (unpaired) electrons. The smallest absolute Gasteiger partial charge is 0.383 e. The van der Waals surface area contributed by atoms with E-state index in [9.17, 15) is 18.0 Å². The molecule has 1 aliphatic rings. The van der Waals surface area contributed by atoms with Crippen LogP contribution in [0.25, 0.3) is 0 Å². The first-order chi connectivity index (χ1) is 9.70. The molecule has 1 rings (SSSR count). The molecular formula is C13H20F3N3O2. The molecule has 0 aromatic heterocycles. The Morgan fingerprint density at radius 1 is 1.48 bits per heavy atom. The van der Waals surface area contributed by atoms with Gasteiger partial charge in [-0.15, -0.1) is 0 Å². The predicted molar refractivity (Wildman–Crippen MR) is 69.3 cm³/mol. The topological polar surface area (TPSA) is 65.4 Å². The highest BCUT2D eigenvalue weighted by molar-refractivity contribution is 5.79. The molecule has 1 aliphatic carbocycles. The zero-order valence-electron chi connectivity index (χ0n) is 12.2. The van der Waals surface area contributed by atoms with Crippen LogP contribution in [0.15, 0.2) is 0 Å². The minimum Gasteiger partial charge on any atom is -0.383 e. The van der Waals surface area contributed by atoms with Gasteiger partial charge in [-0.2, -0.15) is 18.4 Å². The number of hydrogen-bond acceptors (Lipinski definition) is 4. The van der Waals surface area contributed by atoms with Gasteiger partial charge in [0.1, 0.15) is 5.54 Å². The molecule has 120 valence electrons. The number of methoxy groups -OCH3 is 1. The molecule has 0 bridgehead atoms. The molecule has 1 saturated carbocycles. The summed E-state index contributed by atoms with van der Waals surface area (Å²) < 4.78 is 42.1. The van der Waals surface area contributed by atoms with Crippen LogP contribution in [0.1, 0.15) is 19.8 Å². The number of rotatable bonds is 8. The maximum Gasteiger partial charge on any atom is 0.401 e. The quantitative estimate of drug-likeness (QED) is 0.734. The van der Waals surface area contributed by atoms with Gasteiger partial charge in [-0.25, -0.2) is 0 Å². The number of carbonyl (C=O) groups is 1. The van der Waals surface area contributed by atoms with Gasteiger partial charge in [0.05, 0.1) is 25.8 Å². The highest BCUT2D eigenvalue weighted by Crippen LogP contribution is 2.39. The third kappa shape index (κ3) is 6.31. The average Bonchev–Trinajstić information content (AvgIpc) is 3.18. The Kier molecular flexibility index (Phi) is 5.98. The Bertz CT molecular complexity index is 404. The Morgan fingerprint density at radius 3 is 2.52 bits per heavy atom. The first kappa shape index (κ1) is 17.7. The lowest BCUT2D eigenvalue weighted by Crippen LogP contribution is -2.51. The SMILES string of the molecule is COCCN(CC(=O)NC(C)(C#N)C1CC1)CC(F)(F)F. The van der Waals surface area contributed by atoms with Crippen molar-refractivity contribution in [3.63, 3.8) is 0 Å². The van der Waals surface area contributed by atoms with Crippen molar-refractivity contribution < 1.29 is 22.7 Å².